The number of halogens is 2. The molecule has 17 heavy (non-hydrogen) atoms. The number of carbonyl (C=O) groups excluding carboxylic acids is 1. The fraction of sp³-hybridized carbons (Fsp3) is 0.364. The van der Waals surface area contributed by atoms with Crippen LogP contribution in [0.3, 0.4) is 0 Å². The molecule has 0 aliphatic carbocycles. The van der Waals surface area contributed by atoms with Gasteiger partial charge in [-0.15, -0.1) is 0 Å². The second-order valence-electron chi connectivity index (χ2n) is 3.78. The zero-order valence-electron chi connectivity index (χ0n) is 9.41. The number of anilines is 1. The lowest BCUT2D eigenvalue weighted by Gasteiger charge is -2.15. The molecule has 1 rings (SSSR count). The van der Waals surface area contributed by atoms with Crippen LogP contribution in [-0.4, -0.2) is 12.1 Å². The summed E-state index contributed by atoms with van der Waals surface area (Å²) in [6.45, 7) is 3.44. The third-order valence-corrected chi connectivity index (χ3v) is 2.80. The number of benzene rings is 1. The third kappa shape index (κ3) is 3.51. The van der Waals surface area contributed by atoms with E-state index in [2.05, 4.69) is 12.6 Å². The Morgan fingerprint density at radius 1 is 1.53 bits per heavy atom. The van der Waals surface area contributed by atoms with Gasteiger partial charge in [-0.2, -0.15) is 12.6 Å². The summed E-state index contributed by atoms with van der Waals surface area (Å²) in [4.78, 5) is 11.6. The number of esters is 1. The van der Waals surface area contributed by atoms with Crippen molar-refractivity contribution >= 4 is 35.9 Å². The van der Waals surface area contributed by atoms with Gasteiger partial charge in [0.05, 0.1) is 11.8 Å². The van der Waals surface area contributed by atoms with Crippen molar-refractivity contribution in [3.63, 3.8) is 0 Å². The Kier molecular flexibility index (Phi) is 4.65. The van der Waals surface area contributed by atoms with E-state index in [0.29, 0.717) is 5.56 Å². The summed E-state index contributed by atoms with van der Waals surface area (Å²) >= 11 is 9.93. The van der Waals surface area contributed by atoms with Crippen LogP contribution in [-0.2, 0) is 9.53 Å². The van der Waals surface area contributed by atoms with Crippen LogP contribution in [0.4, 0.5) is 10.1 Å². The molecule has 1 unspecified atom stereocenters. The van der Waals surface area contributed by atoms with E-state index in [0.717, 1.165) is 6.07 Å². The van der Waals surface area contributed by atoms with Crippen LogP contribution in [0, 0.1) is 5.82 Å². The number of thiol groups is 1. The Morgan fingerprint density at radius 3 is 2.65 bits per heavy atom. The van der Waals surface area contributed by atoms with Crippen molar-refractivity contribution < 1.29 is 13.9 Å². The molecule has 0 aliphatic rings. The van der Waals surface area contributed by atoms with E-state index in [1.165, 1.54) is 6.07 Å². The first-order chi connectivity index (χ1) is 7.82. The summed E-state index contributed by atoms with van der Waals surface area (Å²) in [5.74, 6) is -1.17. The lowest BCUT2D eigenvalue weighted by atomic mass is 10.1. The molecule has 94 valence electrons. The van der Waals surface area contributed by atoms with E-state index in [-0.39, 0.29) is 16.8 Å². The molecule has 1 aromatic rings. The van der Waals surface area contributed by atoms with Gasteiger partial charge in [0, 0.05) is 5.02 Å². The molecule has 2 N–H and O–H groups in total. The highest BCUT2D eigenvalue weighted by atomic mass is 35.5. The predicted octanol–water partition coefficient (Wildman–Crippen LogP) is 2.98. The van der Waals surface area contributed by atoms with Crippen molar-refractivity contribution in [3.05, 3.63) is 28.5 Å². The molecular weight excluding hydrogens is 265 g/mol. The highest BCUT2D eigenvalue weighted by Gasteiger charge is 2.22. The van der Waals surface area contributed by atoms with Crippen LogP contribution >= 0.6 is 24.2 Å². The number of nitrogens with two attached hydrogens (primary N) is 1. The lowest BCUT2D eigenvalue weighted by molar-refractivity contribution is -0.146. The maximum Gasteiger partial charge on any atom is 0.323 e. The number of hydrogen-bond donors (Lipinski definition) is 2. The Morgan fingerprint density at radius 2 is 2.12 bits per heavy atom. The van der Waals surface area contributed by atoms with E-state index in [4.69, 9.17) is 22.1 Å². The topological polar surface area (TPSA) is 52.3 Å². The van der Waals surface area contributed by atoms with Crippen LogP contribution in [0.2, 0.25) is 5.02 Å². The van der Waals surface area contributed by atoms with Crippen molar-refractivity contribution in [2.45, 2.75) is 25.2 Å². The Labute approximate surface area is 109 Å². The van der Waals surface area contributed by atoms with Gasteiger partial charge in [-0.25, -0.2) is 4.39 Å². The zero-order valence-corrected chi connectivity index (χ0v) is 11.1. The highest BCUT2D eigenvalue weighted by molar-refractivity contribution is 7.81. The van der Waals surface area contributed by atoms with Crippen molar-refractivity contribution in [2.24, 2.45) is 0 Å². The molecule has 0 spiro atoms. The van der Waals surface area contributed by atoms with E-state index in [9.17, 15) is 9.18 Å². The second-order valence-corrected chi connectivity index (χ2v) is 4.71. The minimum atomic E-state index is -0.882. The van der Waals surface area contributed by atoms with Gasteiger partial charge in [0.15, 0.2) is 0 Å². The first kappa shape index (κ1) is 14.1. The van der Waals surface area contributed by atoms with E-state index in [1.54, 1.807) is 13.8 Å². The average molecular weight is 278 g/mol. The van der Waals surface area contributed by atoms with Gasteiger partial charge in [0.25, 0.3) is 0 Å². The molecule has 1 atom stereocenters. The minimum Gasteiger partial charge on any atom is -0.462 e. The van der Waals surface area contributed by atoms with Crippen LogP contribution in [0.25, 0.3) is 0 Å². The molecule has 1 aromatic carbocycles. The molecule has 0 saturated heterocycles. The predicted molar refractivity (Wildman–Crippen MR) is 68.8 cm³/mol. The summed E-state index contributed by atoms with van der Waals surface area (Å²) in [7, 11) is 0. The first-order valence-corrected chi connectivity index (χ1v) is 5.85. The van der Waals surface area contributed by atoms with Crippen molar-refractivity contribution in [3.8, 4) is 0 Å². The molecule has 0 bridgehead atoms. The maximum atomic E-state index is 13.1. The highest BCUT2D eigenvalue weighted by Crippen LogP contribution is 2.31. The Hall–Kier alpha value is -0.940. The lowest BCUT2D eigenvalue weighted by Crippen LogP contribution is -2.16. The van der Waals surface area contributed by atoms with E-state index in [1.807, 2.05) is 0 Å². The molecule has 0 heterocycles. The average Bonchev–Trinajstić information content (AvgIpc) is 2.21. The SMILES string of the molecule is CC(C)OC(=O)C(S)c1cc(N)c(F)cc1Cl. The quantitative estimate of drug-likeness (QED) is 0.507. The Bertz CT molecular complexity index is 440. The molecule has 0 aliphatic heterocycles. The maximum absolute atomic E-state index is 13.1. The van der Waals surface area contributed by atoms with Crippen LogP contribution in [0.5, 0.6) is 0 Å². The smallest absolute Gasteiger partial charge is 0.323 e. The summed E-state index contributed by atoms with van der Waals surface area (Å²) in [5, 5.41) is -0.787. The van der Waals surface area contributed by atoms with Gasteiger partial charge in [0.2, 0.25) is 0 Å². The molecule has 6 heteroatoms. The van der Waals surface area contributed by atoms with E-state index >= 15 is 0 Å². The molecule has 0 aromatic heterocycles. The minimum absolute atomic E-state index is 0.0826. The van der Waals surface area contributed by atoms with Gasteiger partial charge in [-0.3, -0.25) is 4.79 Å². The van der Waals surface area contributed by atoms with Gasteiger partial charge in [-0.05, 0) is 31.5 Å². The van der Waals surface area contributed by atoms with Crippen LogP contribution in [0.15, 0.2) is 12.1 Å². The third-order valence-electron chi connectivity index (χ3n) is 1.99. The fourth-order valence-corrected chi connectivity index (χ4v) is 1.83. The largest absolute Gasteiger partial charge is 0.462 e. The summed E-state index contributed by atoms with van der Waals surface area (Å²) in [5.41, 5.74) is 5.66. The molecule has 0 saturated carbocycles. The second kappa shape index (κ2) is 5.60. The number of carbonyl (C=O) groups is 1. The van der Waals surface area contributed by atoms with Gasteiger partial charge in [0.1, 0.15) is 11.1 Å². The molecule has 3 nitrogen and oxygen atoms in total. The zero-order chi connectivity index (χ0) is 13.2. The van der Waals surface area contributed by atoms with Crippen molar-refractivity contribution in [1.29, 1.82) is 0 Å². The van der Waals surface area contributed by atoms with Gasteiger partial charge in [-0.1, -0.05) is 11.6 Å². The van der Waals surface area contributed by atoms with Gasteiger partial charge < -0.3 is 10.5 Å². The number of rotatable bonds is 3. The summed E-state index contributed by atoms with van der Waals surface area (Å²) in [6.07, 6.45) is -0.256. The monoisotopic (exact) mass is 277 g/mol. The summed E-state index contributed by atoms with van der Waals surface area (Å²) in [6, 6.07) is 2.34. The number of hydrogen-bond acceptors (Lipinski definition) is 4. The van der Waals surface area contributed by atoms with E-state index < -0.39 is 17.0 Å². The van der Waals surface area contributed by atoms with Crippen LogP contribution < -0.4 is 5.73 Å². The van der Waals surface area contributed by atoms with Crippen molar-refractivity contribution in [2.75, 3.05) is 5.73 Å². The summed E-state index contributed by atoms with van der Waals surface area (Å²) < 4.78 is 18.1. The molecule has 0 amide bonds. The Balaban J connectivity index is 3.00. The molecule has 0 radical (unpaired) electrons. The standard InChI is InChI=1S/C11H13ClFNO2S/c1-5(2)16-11(15)10(17)6-3-9(14)8(13)4-7(6)12/h3-5,10,17H,14H2,1-2H3. The number of nitrogen functional groups attached to an aromatic ring is 1. The molecular formula is C11H13ClFNO2S. The first-order valence-electron chi connectivity index (χ1n) is 4.96. The fourth-order valence-electron chi connectivity index (χ4n) is 1.22. The van der Waals surface area contributed by atoms with Crippen molar-refractivity contribution in [1.82, 2.24) is 0 Å². The normalized spacial score (nSPS) is 12.6. The van der Waals surface area contributed by atoms with Gasteiger partial charge >= 0.3 is 5.97 Å². The number of ether oxygens (including phenoxy) is 1. The van der Waals surface area contributed by atoms with Crippen LogP contribution in [0.1, 0.15) is 24.7 Å². The molecule has 0 fully saturated rings.